The molecule has 1 amide bonds. The molecule has 0 saturated heterocycles. The minimum Gasteiger partial charge on any atom is -0.486 e. The van der Waals surface area contributed by atoms with E-state index in [2.05, 4.69) is 17.6 Å². The van der Waals surface area contributed by atoms with E-state index in [1.807, 2.05) is 19.1 Å². The summed E-state index contributed by atoms with van der Waals surface area (Å²) in [5.74, 6) is 1.35. The summed E-state index contributed by atoms with van der Waals surface area (Å²) in [6.07, 6.45) is 1.00. The van der Waals surface area contributed by atoms with Gasteiger partial charge in [0.15, 0.2) is 11.5 Å². The van der Waals surface area contributed by atoms with Gasteiger partial charge in [0.2, 0.25) is 5.91 Å². The summed E-state index contributed by atoms with van der Waals surface area (Å²) in [5.41, 5.74) is 0.722. The molecule has 1 aliphatic heterocycles. The number of ether oxygens (including phenoxy) is 2. The van der Waals surface area contributed by atoms with Gasteiger partial charge in [0.05, 0.1) is 6.04 Å². The number of anilines is 1. The zero-order valence-corrected chi connectivity index (χ0v) is 11.4. The second-order valence-corrected chi connectivity index (χ2v) is 4.52. The Hall–Kier alpha value is -1.75. The van der Waals surface area contributed by atoms with Crippen LogP contribution in [0.15, 0.2) is 18.2 Å². The molecule has 1 aromatic carbocycles. The van der Waals surface area contributed by atoms with Crippen LogP contribution in [0, 0.1) is 0 Å². The number of carbonyl (C=O) groups is 1. The number of amides is 1. The van der Waals surface area contributed by atoms with Crippen LogP contribution in [0.2, 0.25) is 0 Å². The van der Waals surface area contributed by atoms with E-state index in [0.29, 0.717) is 19.0 Å². The first kappa shape index (κ1) is 13.7. The van der Waals surface area contributed by atoms with Crippen LogP contribution < -0.4 is 20.1 Å². The van der Waals surface area contributed by atoms with Gasteiger partial charge < -0.3 is 20.1 Å². The van der Waals surface area contributed by atoms with E-state index >= 15 is 0 Å². The van der Waals surface area contributed by atoms with Gasteiger partial charge >= 0.3 is 0 Å². The lowest BCUT2D eigenvalue weighted by atomic mass is 10.2. The maximum absolute atomic E-state index is 11.9. The highest BCUT2D eigenvalue weighted by atomic mass is 16.6. The van der Waals surface area contributed by atoms with Crippen molar-refractivity contribution in [3.63, 3.8) is 0 Å². The molecule has 1 aromatic rings. The summed E-state index contributed by atoms with van der Waals surface area (Å²) in [6.45, 7) is 5.85. The van der Waals surface area contributed by atoms with Gasteiger partial charge in [0.25, 0.3) is 0 Å². The lowest BCUT2D eigenvalue weighted by Crippen LogP contribution is -2.38. The van der Waals surface area contributed by atoms with Gasteiger partial charge in [-0.1, -0.05) is 6.92 Å². The third-order valence-corrected chi connectivity index (χ3v) is 2.90. The molecule has 1 aliphatic rings. The molecule has 19 heavy (non-hydrogen) atoms. The van der Waals surface area contributed by atoms with Crippen molar-refractivity contribution in [1.29, 1.82) is 0 Å². The Kier molecular flexibility index (Phi) is 4.63. The fourth-order valence-electron chi connectivity index (χ4n) is 1.83. The second kappa shape index (κ2) is 6.43. The average molecular weight is 264 g/mol. The number of hydrogen-bond acceptors (Lipinski definition) is 4. The molecule has 0 aromatic heterocycles. The lowest BCUT2D eigenvalue weighted by Gasteiger charge is -2.19. The third kappa shape index (κ3) is 3.61. The van der Waals surface area contributed by atoms with Crippen LogP contribution >= 0.6 is 0 Å². The Morgan fingerprint density at radius 3 is 2.79 bits per heavy atom. The predicted octanol–water partition coefficient (Wildman–Crippen LogP) is 1.78. The number of fused-ring (bicyclic) bond motifs is 1. The maximum Gasteiger partial charge on any atom is 0.241 e. The Labute approximate surface area is 113 Å². The summed E-state index contributed by atoms with van der Waals surface area (Å²) in [6, 6.07) is 5.21. The number of hydrogen-bond donors (Lipinski definition) is 2. The first-order chi connectivity index (χ1) is 9.20. The minimum atomic E-state index is -0.215. The lowest BCUT2D eigenvalue weighted by molar-refractivity contribution is -0.117. The molecule has 0 saturated carbocycles. The number of benzene rings is 1. The monoisotopic (exact) mass is 264 g/mol. The molecule has 104 valence electrons. The van der Waals surface area contributed by atoms with Gasteiger partial charge in [-0.3, -0.25) is 4.79 Å². The van der Waals surface area contributed by atoms with Crippen molar-refractivity contribution in [3.05, 3.63) is 18.2 Å². The first-order valence-electron chi connectivity index (χ1n) is 6.64. The van der Waals surface area contributed by atoms with Crippen molar-refractivity contribution in [2.45, 2.75) is 26.3 Å². The minimum absolute atomic E-state index is 0.0508. The molecule has 5 nitrogen and oxygen atoms in total. The third-order valence-electron chi connectivity index (χ3n) is 2.90. The van der Waals surface area contributed by atoms with Crippen LogP contribution in [-0.2, 0) is 4.79 Å². The molecule has 2 N–H and O–H groups in total. The van der Waals surface area contributed by atoms with Crippen molar-refractivity contribution < 1.29 is 14.3 Å². The largest absolute Gasteiger partial charge is 0.486 e. The molecule has 1 heterocycles. The van der Waals surface area contributed by atoms with Crippen molar-refractivity contribution >= 4 is 11.6 Å². The first-order valence-corrected chi connectivity index (χ1v) is 6.64. The molecular formula is C14H20N2O3. The summed E-state index contributed by atoms with van der Waals surface area (Å²) in [7, 11) is 0. The number of carbonyl (C=O) groups excluding carboxylic acids is 1. The SMILES string of the molecule is CCCNC(C)C(=O)Nc1ccc2c(c1)OCCO2. The molecule has 0 radical (unpaired) electrons. The maximum atomic E-state index is 11.9. The van der Waals surface area contributed by atoms with Crippen LogP contribution in [-0.4, -0.2) is 31.7 Å². The Morgan fingerprint density at radius 1 is 1.32 bits per heavy atom. The molecule has 0 spiro atoms. The molecular weight excluding hydrogens is 244 g/mol. The quantitative estimate of drug-likeness (QED) is 0.851. The highest BCUT2D eigenvalue weighted by Gasteiger charge is 2.15. The second-order valence-electron chi connectivity index (χ2n) is 4.52. The van der Waals surface area contributed by atoms with E-state index in [9.17, 15) is 4.79 Å². The summed E-state index contributed by atoms with van der Waals surface area (Å²) >= 11 is 0. The molecule has 1 unspecified atom stereocenters. The van der Waals surface area contributed by atoms with Crippen LogP contribution in [0.1, 0.15) is 20.3 Å². The van der Waals surface area contributed by atoms with Gasteiger partial charge in [-0.05, 0) is 32.0 Å². The molecule has 2 rings (SSSR count). The van der Waals surface area contributed by atoms with Gasteiger partial charge in [-0.2, -0.15) is 0 Å². The van der Waals surface area contributed by atoms with E-state index in [1.165, 1.54) is 0 Å². The van der Waals surface area contributed by atoms with Crippen molar-refractivity contribution in [1.82, 2.24) is 5.32 Å². The van der Waals surface area contributed by atoms with E-state index in [0.717, 1.165) is 24.4 Å². The molecule has 0 aliphatic carbocycles. The summed E-state index contributed by atoms with van der Waals surface area (Å²) in [5, 5.41) is 6.01. The smallest absolute Gasteiger partial charge is 0.241 e. The molecule has 0 bridgehead atoms. The van der Waals surface area contributed by atoms with Crippen molar-refractivity contribution in [2.24, 2.45) is 0 Å². The van der Waals surface area contributed by atoms with Crippen molar-refractivity contribution in [3.8, 4) is 11.5 Å². The van der Waals surface area contributed by atoms with Gasteiger partial charge in [0, 0.05) is 11.8 Å². The highest BCUT2D eigenvalue weighted by molar-refractivity contribution is 5.94. The average Bonchev–Trinajstić information content (AvgIpc) is 2.44. The zero-order valence-electron chi connectivity index (χ0n) is 11.4. The molecule has 0 fully saturated rings. The van der Waals surface area contributed by atoms with Crippen molar-refractivity contribution in [2.75, 3.05) is 25.1 Å². The normalized spacial score (nSPS) is 14.8. The van der Waals surface area contributed by atoms with E-state index in [4.69, 9.17) is 9.47 Å². The Balaban J connectivity index is 1.97. The summed E-state index contributed by atoms with van der Waals surface area (Å²) in [4.78, 5) is 11.9. The number of nitrogens with one attached hydrogen (secondary N) is 2. The topological polar surface area (TPSA) is 59.6 Å². The Morgan fingerprint density at radius 2 is 2.05 bits per heavy atom. The van der Waals surface area contributed by atoms with Gasteiger partial charge in [-0.25, -0.2) is 0 Å². The predicted molar refractivity (Wildman–Crippen MR) is 73.8 cm³/mol. The number of rotatable bonds is 5. The molecule has 1 atom stereocenters. The van der Waals surface area contributed by atoms with Crippen LogP contribution in [0.5, 0.6) is 11.5 Å². The highest BCUT2D eigenvalue weighted by Crippen LogP contribution is 2.32. The fourth-order valence-corrected chi connectivity index (χ4v) is 1.83. The molecule has 5 heteroatoms. The van der Waals surface area contributed by atoms with Crippen LogP contribution in [0.3, 0.4) is 0 Å². The van der Waals surface area contributed by atoms with Crippen LogP contribution in [0.25, 0.3) is 0 Å². The summed E-state index contributed by atoms with van der Waals surface area (Å²) < 4.78 is 10.9. The fraction of sp³-hybridized carbons (Fsp3) is 0.500. The van der Waals surface area contributed by atoms with Gasteiger partial charge in [-0.15, -0.1) is 0 Å². The van der Waals surface area contributed by atoms with E-state index < -0.39 is 0 Å². The van der Waals surface area contributed by atoms with E-state index in [1.54, 1.807) is 6.07 Å². The van der Waals surface area contributed by atoms with E-state index in [-0.39, 0.29) is 11.9 Å². The zero-order chi connectivity index (χ0) is 13.7. The Bertz CT molecular complexity index is 448. The van der Waals surface area contributed by atoms with Gasteiger partial charge in [0.1, 0.15) is 13.2 Å². The standard InChI is InChI=1S/C14H20N2O3/c1-3-6-15-10(2)14(17)16-11-4-5-12-13(9-11)19-8-7-18-12/h4-5,9-10,15H,3,6-8H2,1-2H3,(H,16,17). The van der Waals surface area contributed by atoms with Crippen LogP contribution in [0.4, 0.5) is 5.69 Å².